The van der Waals surface area contributed by atoms with Gasteiger partial charge in [0, 0.05) is 11.8 Å². The molecule has 1 aromatic heterocycles. The maximum absolute atomic E-state index is 13.9. The molecule has 0 saturated carbocycles. The molecule has 0 saturated heterocycles. The zero-order chi connectivity index (χ0) is 15.4. The molecule has 0 bridgehead atoms. The molecule has 0 unspecified atom stereocenters. The van der Waals surface area contributed by atoms with Crippen molar-refractivity contribution in [3.8, 4) is 16.9 Å². The van der Waals surface area contributed by atoms with E-state index in [1.165, 1.54) is 10.7 Å². The quantitative estimate of drug-likeness (QED) is 0.889. The lowest BCUT2D eigenvalue weighted by Crippen LogP contribution is -2.06. The molecule has 0 radical (unpaired) electrons. The number of aromatic nitrogens is 2. The van der Waals surface area contributed by atoms with E-state index in [1.807, 2.05) is 13.8 Å². The Hall–Kier alpha value is -2.37. The molecule has 0 atom stereocenters. The van der Waals surface area contributed by atoms with Gasteiger partial charge in [0.1, 0.15) is 0 Å². The van der Waals surface area contributed by atoms with Crippen molar-refractivity contribution in [2.24, 2.45) is 0 Å². The van der Waals surface area contributed by atoms with Crippen LogP contribution in [-0.2, 0) is 11.3 Å². The Labute approximate surface area is 122 Å². The lowest BCUT2D eigenvalue weighted by Gasteiger charge is -2.11. The largest absolute Gasteiger partial charge is 0.488 e. The molecule has 1 heterocycles. The third-order valence-corrected chi connectivity index (χ3v) is 2.82. The van der Waals surface area contributed by atoms with Gasteiger partial charge in [-0.15, -0.1) is 0 Å². The van der Waals surface area contributed by atoms with E-state index in [0.29, 0.717) is 5.56 Å². The summed E-state index contributed by atoms with van der Waals surface area (Å²) in [5, 5.41) is 12.7. The normalized spacial score (nSPS) is 10.9. The second kappa shape index (κ2) is 6.39. The van der Waals surface area contributed by atoms with Crippen molar-refractivity contribution in [2.45, 2.75) is 32.9 Å². The molecule has 2 rings (SSSR count). The highest BCUT2D eigenvalue weighted by atomic mass is 19.1. The lowest BCUT2D eigenvalue weighted by molar-refractivity contribution is -0.137. The zero-order valence-electron chi connectivity index (χ0n) is 11.9. The first-order chi connectivity index (χ1) is 9.95. The Balaban J connectivity index is 2.15. The topological polar surface area (TPSA) is 64.4 Å². The van der Waals surface area contributed by atoms with Crippen molar-refractivity contribution >= 4 is 5.97 Å². The van der Waals surface area contributed by atoms with Gasteiger partial charge in [-0.05, 0) is 31.5 Å². The van der Waals surface area contributed by atoms with Gasteiger partial charge in [-0.25, -0.2) is 4.39 Å². The lowest BCUT2D eigenvalue weighted by atomic mass is 10.1. The number of hydrogen-bond acceptors (Lipinski definition) is 3. The molecule has 0 amide bonds. The van der Waals surface area contributed by atoms with Gasteiger partial charge in [0.15, 0.2) is 11.6 Å². The van der Waals surface area contributed by atoms with Crippen molar-refractivity contribution in [2.75, 3.05) is 0 Å². The van der Waals surface area contributed by atoms with Crippen molar-refractivity contribution in [1.29, 1.82) is 0 Å². The number of nitrogens with zero attached hydrogens (tertiary/aromatic N) is 2. The molecule has 6 heteroatoms. The Morgan fingerprint density at radius 3 is 2.81 bits per heavy atom. The van der Waals surface area contributed by atoms with E-state index in [9.17, 15) is 9.18 Å². The molecule has 0 aliphatic carbocycles. The molecule has 21 heavy (non-hydrogen) atoms. The molecule has 0 aliphatic heterocycles. The number of ether oxygens (including phenoxy) is 1. The molecule has 5 nitrogen and oxygen atoms in total. The smallest absolute Gasteiger partial charge is 0.305 e. The number of aryl methyl sites for hydroxylation is 1. The van der Waals surface area contributed by atoms with Crippen molar-refractivity contribution in [3.05, 3.63) is 36.4 Å². The summed E-state index contributed by atoms with van der Waals surface area (Å²) in [5.74, 6) is -1.10. The van der Waals surface area contributed by atoms with Gasteiger partial charge in [0.2, 0.25) is 0 Å². The highest BCUT2D eigenvalue weighted by molar-refractivity contribution is 5.66. The number of carboxylic acid groups (broad SMARTS) is 1. The molecule has 1 N–H and O–H groups in total. The number of rotatable bonds is 6. The van der Waals surface area contributed by atoms with Crippen LogP contribution in [0.4, 0.5) is 4.39 Å². The predicted octanol–water partition coefficient (Wildman–Crippen LogP) is 2.95. The van der Waals surface area contributed by atoms with Crippen LogP contribution in [0.2, 0.25) is 0 Å². The van der Waals surface area contributed by atoms with Crippen LogP contribution >= 0.6 is 0 Å². The number of aliphatic carboxylic acids is 1. The molecule has 112 valence electrons. The van der Waals surface area contributed by atoms with E-state index in [1.54, 1.807) is 24.5 Å². The molecular formula is C15H17FN2O3. The van der Waals surface area contributed by atoms with Gasteiger partial charge >= 0.3 is 5.97 Å². The maximum atomic E-state index is 13.9. The second-order valence-corrected chi connectivity index (χ2v) is 4.95. The fourth-order valence-electron chi connectivity index (χ4n) is 1.88. The molecule has 1 aromatic carbocycles. The van der Waals surface area contributed by atoms with Crippen molar-refractivity contribution in [3.63, 3.8) is 0 Å². The highest BCUT2D eigenvalue weighted by Gasteiger charge is 2.09. The van der Waals surface area contributed by atoms with Crippen LogP contribution in [0.15, 0.2) is 30.6 Å². The Bertz CT molecular complexity index is 638. The van der Waals surface area contributed by atoms with Crippen LogP contribution in [0.3, 0.4) is 0 Å². The SMILES string of the molecule is CC(C)Oc1ccc(-c2cnn(CCC(=O)O)c2)cc1F. The maximum Gasteiger partial charge on any atom is 0.305 e. The average molecular weight is 292 g/mol. The molecule has 0 aliphatic rings. The summed E-state index contributed by atoms with van der Waals surface area (Å²) in [6.45, 7) is 3.95. The fourth-order valence-corrected chi connectivity index (χ4v) is 1.88. The van der Waals surface area contributed by atoms with Gasteiger partial charge in [-0.3, -0.25) is 9.48 Å². The monoisotopic (exact) mass is 292 g/mol. The Morgan fingerprint density at radius 1 is 1.43 bits per heavy atom. The summed E-state index contributed by atoms with van der Waals surface area (Å²) < 4.78 is 20.8. The fraction of sp³-hybridized carbons (Fsp3) is 0.333. The van der Waals surface area contributed by atoms with Crippen LogP contribution in [0.1, 0.15) is 20.3 Å². The first-order valence-corrected chi connectivity index (χ1v) is 6.66. The van der Waals surface area contributed by atoms with Crippen LogP contribution in [0.5, 0.6) is 5.75 Å². The van der Waals surface area contributed by atoms with Gasteiger partial charge in [-0.2, -0.15) is 5.10 Å². The number of carboxylic acids is 1. The van der Waals surface area contributed by atoms with Gasteiger partial charge < -0.3 is 9.84 Å². The minimum absolute atomic E-state index is 0.00333. The minimum Gasteiger partial charge on any atom is -0.488 e. The Morgan fingerprint density at radius 2 is 2.19 bits per heavy atom. The van der Waals surface area contributed by atoms with E-state index < -0.39 is 11.8 Å². The van der Waals surface area contributed by atoms with E-state index >= 15 is 0 Å². The van der Waals surface area contributed by atoms with E-state index in [-0.39, 0.29) is 24.8 Å². The van der Waals surface area contributed by atoms with Crippen LogP contribution in [0, 0.1) is 5.82 Å². The van der Waals surface area contributed by atoms with Crippen molar-refractivity contribution < 1.29 is 19.0 Å². The highest BCUT2D eigenvalue weighted by Crippen LogP contribution is 2.26. The van der Waals surface area contributed by atoms with E-state index in [2.05, 4.69) is 5.10 Å². The van der Waals surface area contributed by atoms with Gasteiger partial charge in [-0.1, -0.05) is 6.07 Å². The number of carbonyl (C=O) groups is 1. The van der Waals surface area contributed by atoms with Gasteiger partial charge in [0.25, 0.3) is 0 Å². The molecular weight excluding hydrogens is 275 g/mol. The molecule has 0 spiro atoms. The van der Waals surface area contributed by atoms with Crippen LogP contribution in [-0.4, -0.2) is 27.0 Å². The van der Waals surface area contributed by atoms with Crippen molar-refractivity contribution in [1.82, 2.24) is 9.78 Å². The first kappa shape index (κ1) is 15.0. The minimum atomic E-state index is -0.881. The van der Waals surface area contributed by atoms with Gasteiger partial charge in [0.05, 0.1) is 25.3 Å². The zero-order valence-corrected chi connectivity index (χ0v) is 11.9. The average Bonchev–Trinajstić information content (AvgIpc) is 2.87. The standard InChI is InChI=1S/C15H17FN2O3/c1-10(2)21-14-4-3-11(7-13(14)16)12-8-17-18(9-12)6-5-15(19)20/h3-4,7-10H,5-6H2,1-2H3,(H,19,20). The predicted molar refractivity (Wildman–Crippen MR) is 75.6 cm³/mol. The van der Waals surface area contributed by atoms with E-state index in [0.717, 1.165) is 5.56 Å². The molecule has 2 aromatic rings. The summed E-state index contributed by atoms with van der Waals surface area (Å²) in [6.07, 6.45) is 3.18. The summed E-state index contributed by atoms with van der Waals surface area (Å²) in [5.41, 5.74) is 1.40. The number of hydrogen-bond donors (Lipinski definition) is 1. The molecule has 0 fully saturated rings. The summed E-state index contributed by atoms with van der Waals surface area (Å²) in [4.78, 5) is 10.5. The first-order valence-electron chi connectivity index (χ1n) is 6.66. The number of halogens is 1. The second-order valence-electron chi connectivity index (χ2n) is 4.95. The Kier molecular flexibility index (Phi) is 4.57. The van der Waals surface area contributed by atoms with E-state index in [4.69, 9.17) is 9.84 Å². The summed E-state index contributed by atoms with van der Waals surface area (Å²) in [6, 6.07) is 4.72. The summed E-state index contributed by atoms with van der Waals surface area (Å²) >= 11 is 0. The number of benzene rings is 1. The summed E-state index contributed by atoms with van der Waals surface area (Å²) in [7, 11) is 0. The van der Waals surface area contributed by atoms with Crippen LogP contribution < -0.4 is 4.74 Å². The third kappa shape index (κ3) is 4.05. The third-order valence-electron chi connectivity index (χ3n) is 2.82. The van der Waals surface area contributed by atoms with Crippen LogP contribution in [0.25, 0.3) is 11.1 Å².